The second kappa shape index (κ2) is 11.1. The van der Waals surface area contributed by atoms with E-state index in [-0.39, 0.29) is 11.7 Å². The molecule has 0 amide bonds. The first-order chi connectivity index (χ1) is 18.7. The normalized spacial score (nSPS) is 15.4. The molecule has 0 radical (unpaired) electrons. The SMILES string of the molecule is COc1ccc([C@H]2C(C(=O)OC(C)C)=C(C)N=c3s/c(=C/c4ccc(-c5cc(Br)ccc5Br)o4)c(=O)n32)cc1. The van der Waals surface area contributed by atoms with Crippen LogP contribution in [0.3, 0.4) is 0 Å². The summed E-state index contributed by atoms with van der Waals surface area (Å²) in [6, 6.07) is 16.1. The number of fused-ring (bicyclic) bond motifs is 1. The minimum absolute atomic E-state index is 0.275. The fourth-order valence-electron chi connectivity index (χ4n) is 4.35. The largest absolute Gasteiger partial charge is 0.497 e. The maximum absolute atomic E-state index is 13.8. The highest BCUT2D eigenvalue weighted by atomic mass is 79.9. The van der Waals surface area contributed by atoms with Crippen molar-refractivity contribution in [3.05, 3.63) is 106 Å². The summed E-state index contributed by atoms with van der Waals surface area (Å²) in [4.78, 5) is 32.2. The van der Waals surface area contributed by atoms with Crippen LogP contribution in [0.2, 0.25) is 0 Å². The van der Waals surface area contributed by atoms with Crippen molar-refractivity contribution in [2.75, 3.05) is 7.11 Å². The molecule has 1 aliphatic rings. The van der Waals surface area contributed by atoms with Crippen LogP contribution < -0.4 is 19.6 Å². The predicted molar refractivity (Wildman–Crippen MR) is 158 cm³/mol. The zero-order chi connectivity index (χ0) is 27.8. The Balaban J connectivity index is 1.63. The van der Waals surface area contributed by atoms with Gasteiger partial charge in [-0.1, -0.05) is 55.3 Å². The van der Waals surface area contributed by atoms with Gasteiger partial charge in [-0.3, -0.25) is 9.36 Å². The molecular weight excluding hydrogens is 648 g/mol. The number of hydrogen-bond donors (Lipinski definition) is 0. The molecule has 7 nitrogen and oxygen atoms in total. The van der Waals surface area contributed by atoms with Crippen LogP contribution in [0.4, 0.5) is 0 Å². The van der Waals surface area contributed by atoms with Gasteiger partial charge in [-0.2, -0.15) is 0 Å². The van der Waals surface area contributed by atoms with Gasteiger partial charge in [0.25, 0.3) is 5.56 Å². The van der Waals surface area contributed by atoms with E-state index in [9.17, 15) is 9.59 Å². The first kappa shape index (κ1) is 27.4. The molecule has 1 aliphatic heterocycles. The smallest absolute Gasteiger partial charge is 0.338 e. The molecule has 0 aliphatic carbocycles. The van der Waals surface area contributed by atoms with Crippen molar-refractivity contribution in [2.24, 2.45) is 4.99 Å². The van der Waals surface area contributed by atoms with Crippen LogP contribution in [0.15, 0.2) is 89.0 Å². The van der Waals surface area contributed by atoms with Gasteiger partial charge in [0.2, 0.25) is 0 Å². The Labute approximate surface area is 245 Å². The van der Waals surface area contributed by atoms with Crippen molar-refractivity contribution in [1.82, 2.24) is 4.57 Å². The Kier molecular flexibility index (Phi) is 7.80. The summed E-state index contributed by atoms with van der Waals surface area (Å²) in [5.41, 5.74) is 2.19. The molecule has 0 fully saturated rings. The second-order valence-electron chi connectivity index (χ2n) is 9.14. The third-order valence-electron chi connectivity index (χ3n) is 6.11. The standard InChI is InChI=1S/C29H24Br2N2O5S/c1-15(2)37-28(35)25-16(3)32-29-33(26(25)17-5-8-19(36-4)9-6-17)27(34)24(39-29)14-20-10-12-23(38-20)21-13-18(30)7-11-22(21)31/h5-15,26H,1-4H3/b24-14+/t26-/m0/s1. The van der Waals surface area contributed by atoms with Crippen molar-refractivity contribution in [3.63, 3.8) is 0 Å². The van der Waals surface area contributed by atoms with Gasteiger partial charge in [0, 0.05) is 20.6 Å². The fourth-order valence-corrected chi connectivity index (χ4v) is 6.18. The Morgan fingerprint density at radius 2 is 1.87 bits per heavy atom. The second-order valence-corrected chi connectivity index (χ2v) is 11.9. The number of rotatable bonds is 6. The monoisotopic (exact) mass is 670 g/mol. The van der Waals surface area contributed by atoms with Crippen molar-refractivity contribution in [2.45, 2.75) is 32.9 Å². The number of ether oxygens (including phenoxy) is 2. The van der Waals surface area contributed by atoms with Gasteiger partial charge in [0.15, 0.2) is 4.80 Å². The van der Waals surface area contributed by atoms with Crippen LogP contribution in [0, 0.1) is 0 Å². The fraction of sp³-hybridized carbons (Fsp3) is 0.207. The van der Waals surface area contributed by atoms with Crippen molar-refractivity contribution >= 4 is 55.2 Å². The highest BCUT2D eigenvalue weighted by Crippen LogP contribution is 2.33. The molecule has 2 aromatic carbocycles. The van der Waals surface area contributed by atoms with Gasteiger partial charge < -0.3 is 13.9 Å². The number of methoxy groups -OCH3 is 1. The van der Waals surface area contributed by atoms with E-state index in [1.807, 2.05) is 42.5 Å². The highest BCUT2D eigenvalue weighted by Gasteiger charge is 2.33. The van der Waals surface area contributed by atoms with Crippen LogP contribution in [0.25, 0.3) is 17.4 Å². The molecule has 0 N–H and O–H groups in total. The summed E-state index contributed by atoms with van der Waals surface area (Å²) in [6.07, 6.45) is 1.38. The number of thiazole rings is 1. The van der Waals surface area contributed by atoms with E-state index in [2.05, 4.69) is 36.9 Å². The maximum atomic E-state index is 13.8. The number of halogens is 2. The Morgan fingerprint density at radius 3 is 2.56 bits per heavy atom. The molecule has 0 spiro atoms. The third-order valence-corrected chi connectivity index (χ3v) is 8.28. The molecule has 10 heteroatoms. The number of aromatic nitrogens is 1. The van der Waals surface area contributed by atoms with Crippen molar-refractivity contribution in [3.8, 4) is 17.1 Å². The van der Waals surface area contributed by atoms with Gasteiger partial charge in [0.1, 0.15) is 17.3 Å². The van der Waals surface area contributed by atoms with E-state index in [1.54, 1.807) is 50.7 Å². The number of furan rings is 1. The van der Waals surface area contributed by atoms with Gasteiger partial charge >= 0.3 is 5.97 Å². The lowest BCUT2D eigenvalue weighted by Crippen LogP contribution is -2.40. The number of allylic oxidation sites excluding steroid dienone is 1. The molecule has 4 aromatic rings. The molecule has 0 bridgehead atoms. The lowest BCUT2D eigenvalue weighted by atomic mass is 9.96. The Hall–Kier alpha value is -3.21. The number of carbonyl (C=O) groups excluding carboxylic acids is 1. The van der Waals surface area contributed by atoms with E-state index in [1.165, 1.54) is 11.3 Å². The first-order valence-corrected chi connectivity index (χ1v) is 14.5. The summed E-state index contributed by atoms with van der Waals surface area (Å²) in [7, 11) is 1.59. The molecule has 1 atom stereocenters. The van der Waals surface area contributed by atoms with E-state index >= 15 is 0 Å². The molecule has 0 saturated heterocycles. The number of carbonyl (C=O) groups is 1. The van der Waals surface area contributed by atoms with Gasteiger partial charge in [-0.25, -0.2) is 9.79 Å². The average molecular weight is 672 g/mol. The van der Waals surface area contributed by atoms with Gasteiger partial charge in [0.05, 0.1) is 35.1 Å². The Bertz CT molecular complexity index is 1780. The van der Waals surface area contributed by atoms with E-state index in [0.29, 0.717) is 37.9 Å². The quantitative estimate of drug-likeness (QED) is 0.236. The van der Waals surface area contributed by atoms with Crippen LogP contribution in [-0.2, 0) is 9.53 Å². The lowest BCUT2D eigenvalue weighted by Gasteiger charge is -2.25. The molecule has 3 heterocycles. The zero-order valence-electron chi connectivity index (χ0n) is 21.5. The number of benzene rings is 2. The maximum Gasteiger partial charge on any atom is 0.338 e. The third kappa shape index (κ3) is 5.46. The van der Waals surface area contributed by atoms with E-state index < -0.39 is 12.0 Å². The molecule has 0 unspecified atom stereocenters. The van der Waals surface area contributed by atoms with Crippen LogP contribution in [0.5, 0.6) is 5.75 Å². The lowest BCUT2D eigenvalue weighted by molar-refractivity contribution is -0.143. The van der Waals surface area contributed by atoms with E-state index in [0.717, 1.165) is 20.1 Å². The van der Waals surface area contributed by atoms with E-state index in [4.69, 9.17) is 13.9 Å². The number of hydrogen-bond acceptors (Lipinski definition) is 7. The number of nitrogens with zero attached hydrogens (tertiary/aromatic N) is 2. The van der Waals surface area contributed by atoms with Gasteiger partial charge in [-0.05, 0) is 68.8 Å². The first-order valence-electron chi connectivity index (χ1n) is 12.1. The van der Waals surface area contributed by atoms with Crippen LogP contribution in [0.1, 0.15) is 38.1 Å². The highest BCUT2D eigenvalue weighted by molar-refractivity contribution is 9.11. The summed E-state index contributed by atoms with van der Waals surface area (Å²) in [5, 5.41) is 0. The molecule has 200 valence electrons. The van der Waals surface area contributed by atoms with Crippen molar-refractivity contribution < 1.29 is 18.7 Å². The topological polar surface area (TPSA) is 83.0 Å². The summed E-state index contributed by atoms with van der Waals surface area (Å²) in [6.45, 7) is 5.34. The summed E-state index contributed by atoms with van der Waals surface area (Å²) >= 11 is 8.30. The number of esters is 1. The average Bonchev–Trinajstić information content (AvgIpc) is 3.48. The molecule has 0 saturated carbocycles. The van der Waals surface area contributed by atoms with Crippen LogP contribution in [-0.4, -0.2) is 23.8 Å². The predicted octanol–water partition coefficient (Wildman–Crippen LogP) is 5.98. The Morgan fingerprint density at radius 1 is 1.13 bits per heavy atom. The molecule has 39 heavy (non-hydrogen) atoms. The van der Waals surface area contributed by atoms with Crippen LogP contribution >= 0.6 is 43.2 Å². The molecule has 2 aromatic heterocycles. The summed E-state index contributed by atoms with van der Waals surface area (Å²) in [5.74, 6) is 1.35. The zero-order valence-corrected chi connectivity index (χ0v) is 25.5. The minimum atomic E-state index is -0.703. The summed E-state index contributed by atoms with van der Waals surface area (Å²) < 4.78 is 20.7. The minimum Gasteiger partial charge on any atom is -0.497 e. The van der Waals surface area contributed by atoms with Gasteiger partial charge in [-0.15, -0.1) is 0 Å². The molecule has 5 rings (SSSR count). The molecular formula is C29H24Br2N2O5S. The van der Waals surface area contributed by atoms with Crippen molar-refractivity contribution in [1.29, 1.82) is 0 Å².